The van der Waals surface area contributed by atoms with E-state index in [0.717, 1.165) is 6.04 Å². The van der Waals surface area contributed by atoms with Crippen molar-refractivity contribution in [2.45, 2.75) is 52.8 Å². The number of aliphatic carboxylic acids is 1. The van der Waals surface area contributed by atoms with Crippen molar-refractivity contribution in [2.75, 3.05) is 0 Å². The van der Waals surface area contributed by atoms with Gasteiger partial charge in [-0.25, -0.2) is 4.79 Å². The third-order valence-electron chi connectivity index (χ3n) is 1.72. The molecule has 0 aromatic rings. The molecule has 14 heavy (non-hydrogen) atoms. The van der Waals surface area contributed by atoms with Gasteiger partial charge >= 0.3 is 5.97 Å². The summed E-state index contributed by atoms with van der Waals surface area (Å²) in [5.74, 6) is -0.893. The van der Waals surface area contributed by atoms with Crippen LogP contribution >= 0.6 is 0 Å². The van der Waals surface area contributed by atoms with E-state index in [9.17, 15) is 4.79 Å². The molecular formula is C10H21O3Si. The van der Waals surface area contributed by atoms with Gasteiger partial charge in [-0.05, 0) is 31.9 Å². The van der Waals surface area contributed by atoms with Crippen LogP contribution in [0.25, 0.3) is 0 Å². The van der Waals surface area contributed by atoms with E-state index in [4.69, 9.17) is 9.53 Å². The predicted octanol–water partition coefficient (Wildman–Crippen LogP) is 2.53. The minimum absolute atomic E-state index is 0.206. The summed E-state index contributed by atoms with van der Waals surface area (Å²) < 4.78 is 5.58. The number of hydrogen-bond acceptors (Lipinski definition) is 2. The maximum absolute atomic E-state index is 10.8. The van der Waals surface area contributed by atoms with Crippen LogP contribution in [0, 0.1) is 5.41 Å². The average Bonchev–Trinajstić information content (AvgIpc) is 1.79. The van der Waals surface area contributed by atoms with Crippen LogP contribution in [0.5, 0.6) is 0 Å². The maximum Gasteiger partial charge on any atom is 0.334 e. The van der Waals surface area contributed by atoms with Gasteiger partial charge < -0.3 is 9.53 Å². The molecule has 0 saturated carbocycles. The van der Waals surface area contributed by atoms with Crippen LogP contribution in [0.1, 0.15) is 34.6 Å². The van der Waals surface area contributed by atoms with Crippen molar-refractivity contribution in [3.05, 3.63) is 0 Å². The second-order valence-corrected chi connectivity index (χ2v) is 7.32. The van der Waals surface area contributed by atoms with Gasteiger partial charge in [-0.3, -0.25) is 0 Å². The molecule has 4 heteroatoms. The Labute approximate surface area is 88.2 Å². The lowest BCUT2D eigenvalue weighted by molar-refractivity contribution is -0.152. The van der Waals surface area contributed by atoms with Gasteiger partial charge in [0, 0.05) is 0 Å². The van der Waals surface area contributed by atoms with Gasteiger partial charge in [0.2, 0.25) is 9.04 Å². The average molecular weight is 217 g/mol. The highest BCUT2D eigenvalue weighted by molar-refractivity contribution is 6.50. The Balaban J connectivity index is 4.19. The first-order chi connectivity index (χ1) is 6.04. The van der Waals surface area contributed by atoms with Gasteiger partial charge in [0.1, 0.15) is 5.60 Å². The van der Waals surface area contributed by atoms with E-state index in [0.29, 0.717) is 0 Å². The minimum atomic E-state index is -1.05. The SMILES string of the molecule is C[Si](CC(C)(C)C)OC(C)(C)C(=O)O. The Morgan fingerprint density at radius 2 is 1.71 bits per heavy atom. The number of carbonyl (C=O) groups is 1. The Bertz CT molecular complexity index is 206. The van der Waals surface area contributed by atoms with Gasteiger partial charge in [-0.1, -0.05) is 20.8 Å². The second-order valence-electron chi connectivity index (χ2n) is 5.36. The van der Waals surface area contributed by atoms with Crippen molar-refractivity contribution < 1.29 is 14.3 Å². The van der Waals surface area contributed by atoms with Crippen LogP contribution in [-0.2, 0) is 9.22 Å². The summed E-state index contributed by atoms with van der Waals surface area (Å²) in [6.07, 6.45) is 0. The first kappa shape index (κ1) is 13.6. The number of hydrogen-bond donors (Lipinski definition) is 1. The van der Waals surface area contributed by atoms with Gasteiger partial charge in [0.15, 0.2) is 0 Å². The quantitative estimate of drug-likeness (QED) is 0.736. The fourth-order valence-electron chi connectivity index (χ4n) is 1.26. The summed E-state index contributed by atoms with van der Waals surface area (Å²) in [6.45, 7) is 11.6. The number of carboxylic acid groups (broad SMARTS) is 1. The lowest BCUT2D eigenvalue weighted by Crippen LogP contribution is -2.40. The van der Waals surface area contributed by atoms with Gasteiger partial charge in [-0.15, -0.1) is 0 Å². The fourth-order valence-corrected chi connectivity index (χ4v) is 3.79. The molecule has 0 atom stereocenters. The van der Waals surface area contributed by atoms with Crippen LogP contribution < -0.4 is 0 Å². The number of carboxylic acids is 1. The highest BCUT2D eigenvalue weighted by atomic mass is 28.3. The van der Waals surface area contributed by atoms with E-state index in [-0.39, 0.29) is 5.41 Å². The molecule has 0 spiro atoms. The van der Waals surface area contributed by atoms with Crippen molar-refractivity contribution >= 4 is 15.0 Å². The summed E-state index contributed by atoms with van der Waals surface area (Å²) in [5.41, 5.74) is -0.841. The zero-order valence-electron chi connectivity index (χ0n) is 9.97. The third-order valence-corrected chi connectivity index (χ3v) is 4.14. The Hall–Kier alpha value is -0.353. The molecule has 0 heterocycles. The third kappa shape index (κ3) is 5.39. The van der Waals surface area contributed by atoms with E-state index in [1.165, 1.54) is 0 Å². The van der Waals surface area contributed by atoms with Gasteiger partial charge in [0.25, 0.3) is 0 Å². The van der Waals surface area contributed by atoms with E-state index in [2.05, 4.69) is 20.8 Å². The van der Waals surface area contributed by atoms with Gasteiger partial charge in [-0.2, -0.15) is 0 Å². The molecule has 0 fully saturated rings. The normalized spacial score (nSPS) is 13.4. The maximum atomic E-state index is 10.8. The molecule has 0 aliphatic rings. The zero-order valence-corrected chi connectivity index (χ0v) is 11.0. The van der Waals surface area contributed by atoms with Gasteiger partial charge in [0.05, 0.1) is 0 Å². The highest BCUT2D eigenvalue weighted by Gasteiger charge is 2.32. The van der Waals surface area contributed by atoms with Crippen LogP contribution in [0.4, 0.5) is 0 Å². The molecule has 0 unspecified atom stereocenters. The van der Waals surface area contributed by atoms with Crippen molar-refractivity contribution in [1.82, 2.24) is 0 Å². The van der Waals surface area contributed by atoms with E-state index < -0.39 is 20.6 Å². The van der Waals surface area contributed by atoms with Crippen molar-refractivity contribution in [3.63, 3.8) is 0 Å². The first-order valence-electron chi connectivity index (χ1n) is 4.79. The molecule has 0 saturated heterocycles. The molecule has 0 bridgehead atoms. The van der Waals surface area contributed by atoms with Crippen LogP contribution in [0.15, 0.2) is 0 Å². The van der Waals surface area contributed by atoms with E-state index in [1.54, 1.807) is 13.8 Å². The minimum Gasteiger partial charge on any atom is -0.479 e. The second kappa shape index (κ2) is 4.44. The summed E-state index contributed by atoms with van der Waals surface area (Å²) in [5, 5.41) is 8.88. The van der Waals surface area contributed by atoms with Crippen molar-refractivity contribution in [3.8, 4) is 0 Å². The van der Waals surface area contributed by atoms with Crippen molar-refractivity contribution in [2.24, 2.45) is 5.41 Å². The fraction of sp³-hybridized carbons (Fsp3) is 0.900. The zero-order chi connectivity index (χ0) is 11.6. The Kier molecular flexibility index (Phi) is 4.33. The molecule has 0 aromatic carbocycles. The standard InChI is InChI=1S/C10H21O3Si/c1-9(2,3)7-14(6)13-10(4,5)8(11)12/h7H2,1-6H3,(H,11,12). The molecule has 1 N–H and O–H groups in total. The molecule has 0 aliphatic carbocycles. The highest BCUT2D eigenvalue weighted by Crippen LogP contribution is 2.24. The van der Waals surface area contributed by atoms with Crippen LogP contribution in [0.3, 0.4) is 0 Å². The predicted molar refractivity (Wildman–Crippen MR) is 58.7 cm³/mol. The Morgan fingerprint density at radius 1 is 1.29 bits per heavy atom. The van der Waals surface area contributed by atoms with Crippen LogP contribution in [0.2, 0.25) is 12.6 Å². The van der Waals surface area contributed by atoms with E-state index in [1.807, 2.05) is 6.55 Å². The molecule has 0 amide bonds. The summed E-state index contributed by atoms with van der Waals surface area (Å²) in [7, 11) is -1.03. The largest absolute Gasteiger partial charge is 0.479 e. The van der Waals surface area contributed by atoms with Crippen molar-refractivity contribution in [1.29, 1.82) is 0 Å². The van der Waals surface area contributed by atoms with E-state index >= 15 is 0 Å². The lowest BCUT2D eigenvalue weighted by atomic mass is 10.0. The smallest absolute Gasteiger partial charge is 0.334 e. The molecular weight excluding hydrogens is 196 g/mol. The summed E-state index contributed by atoms with van der Waals surface area (Å²) in [6, 6.07) is 0.953. The summed E-state index contributed by atoms with van der Waals surface area (Å²) in [4.78, 5) is 10.8. The molecule has 83 valence electrons. The lowest BCUT2D eigenvalue weighted by Gasteiger charge is -2.28. The monoisotopic (exact) mass is 217 g/mol. The first-order valence-corrected chi connectivity index (χ1v) is 6.91. The Morgan fingerprint density at radius 3 is 2.00 bits per heavy atom. The molecule has 0 rings (SSSR count). The molecule has 0 aromatic heterocycles. The summed E-state index contributed by atoms with van der Waals surface area (Å²) >= 11 is 0. The topological polar surface area (TPSA) is 46.5 Å². The number of rotatable bonds is 4. The molecule has 1 radical (unpaired) electrons. The van der Waals surface area contributed by atoms with Crippen LogP contribution in [-0.4, -0.2) is 25.7 Å². The molecule has 3 nitrogen and oxygen atoms in total. The molecule has 0 aliphatic heterocycles.